The van der Waals surface area contributed by atoms with E-state index in [9.17, 15) is 0 Å². The first kappa shape index (κ1) is 14.0. The summed E-state index contributed by atoms with van der Waals surface area (Å²) in [6.07, 6.45) is 8.63. The molecule has 3 atom stereocenters. The standard InChI is InChI=1S/C20H22N4/c1-2-12-10-21-19-17(12)20(23-11-22-19)24-18-14-8-7-13(9-14)15-5-3-4-6-16(15)18/h3-6,10-11,13-14,18H,2,7-9H2,1H3,(H2,21,22,23,24). The summed E-state index contributed by atoms with van der Waals surface area (Å²) >= 11 is 0. The second-order valence-electron chi connectivity index (χ2n) is 7.13. The van der Waals surface area contributed by atoms with Crippen molar-refractivity contribution in [3.8, 4) is 0 Å². The minimum absolute atomic E-state index is 0.359. The van der Waals surface area contributed by atoms with Gasteiger partial charge in [-0.2, -0.15) is 0 Å². The van der Waals surface area contributed by atoms with Crippen LogP contribution in [0.3, 0.4) is 0 Å². The molecule has 3 aromatic rings. The quantitative estimate of drug-likeness (QED) is 0.743. The predicted molar refractivity (Wildman–Crippen MR) is 96.2 cm³/mol. The van der Waals surface area contributed by atoms with Gasteiger partial charge in [-0.1, -0.05) is 31.2 Å². The number of hydrogen-bond donors (Lipinski definition) is 2. The molecule has 2 heterocycles. The van der Waals surface area contributed by atoms with Crippen molar-refractivity contribution >= 4 is 16.9 Å². The van der Waals surface area contributed by atoms with Gasteiger partial charge in [0.05, 0.1) is 11.4 Å². The van der Waals surface area contributed by atoms with E-state index in [-0.39, 0.29) is 0 Å². The molecule has 3 unspecified atom stereocenters. The van der Waals surface area contributed by atoms with Crippen LogP contribution in [0.5, 0.6) is 0 Å². The van der Waals surface area contributed by atoms with Gasteiger partial charge in [0.2, 0.25) is 0 Å². The zero-order valence-corrected chi connectivity index (χ0v) is 13.9. The van der Waals surface area contributed by atoms with Crippen LogP contribution in [0.25, 0.3) is 11.0 Å². The van der Waals surface area contributed by atoms with Gasteiger partial charge in [-0.25, -0.2) is 9.97 Å². The summed E-state index contributed by atoms with van der Waals surface area (Å²) in [6, 6.07) is 9.32. The summed E-state index contributed by atoms with van der Waals surface area (Å²) < 4.78 is 0. The Kier molecular flexibility index (Phi) is 3.12. The van der Waals surface area contributed by atoms with Crippen LogP contribution < -0.4 is 5.32 Å². The van der Waals surface area contributed by atoms with Gasteiger partial charge in [-0.3, -0.25) is 0 Å². The summed E-state index contributed by atoms with van der Waals surface area (Å²) in [5.74, 6) is 2.44. The van der Waals surface area contributed by atoms with E-state index in [0.29, 0.717) is 12.0 Å². The van der Waals surface area contributed by atoms with E-state index < -0.39 is 0 Å². The molecule has 2 bridgehead atoms. The maximum atomic E-state index is 4.59. The van der Waals surface area contributed by atoms with Gasteiger partial charge in [0, 0.05) is 6.20 Å². The molecular weight excluding hydrogens is 296 g/mol. The molecule has 24 heavy (non-hydrogen) atoms. The lowest BCUT2D eigenvalue weighted by Gasteiger charge is -2.32. The number of nitrogens with zero attached hydrogens (tertiary/aromatic N) is 2. The minimum Gasteiger partial charge on any atom is -0.362 e. The Bertz CT molecular complexity index is 898. The zero-order valence-electron chi connectivity index (χ0n) is 13.9. The van der Waals surface area contributed by atoms with Crippen LogP contribution in [0.4, 0.5) is 5.82 Å². The van der Waals surface area contributed by atoms with Crippen LogP contribution >= 0.6 is 0 Å². The minimum atomic E-state index is 0.359. The SMILES string of the molecule is CCc1c[nH]c2ncnc(NC3c4ccccc4C4CCC3C4)c12. The van der Waals surface area contributed by atoms with Crippen molar-refractivity contribution in [1.29, 1.82) is 0 Å². The van der Waals surface area contributed by atoms with Crippen LogP contribution in [0.1, 0.15) is 54.8 Å². The van der Waals surface area contributed by atoms with Gasteiger partial charge < -0.3 is 10.3 Å². The highest BCUT2D eigenvalue weighted by molar-refractivity contribution is 5.90. The first-order valence-corrected chi connectivity index (χ1v) is 9.01. The van der Waals surface area contributed by atoms with E-state index in [1.807, 2.05) is 0 Å². The number of benzene rings is 1. The maximum absolute atomic E-state index is 4.59. The van der Waals surface area contributed by atoms with E-state index >= 15 is 0 Å². The average molecular weight is 318 g/mol. The van der Waals surface area contributed by atoms with Gasteiger partial charge in [-0.05, 0) is 54.2 Å². The molecule has 4 nitrogen and oxygen atoms in total. The lowest BCUT2D eigenvalue weighted by atomic mass is 9.79. The Morgan fingerprint density at radius 3 is 2.92 bits per heavy atom. The number of rotatable bonds is 3. The lowest BCUT2D eigenvalue weighted by Crippen LogP contribution is -2.24. The van der Waals surface area contributed by atoms with E-state index in [4.69, 9.17) is 0 Å². The molecule has 122 valence electrons. The molecule has 5 rings (SSSR count). The normalized spacial score (nSPS) is 25.0. The number of aromatic amines is 1. The Morgan fingerprint density at radius 2 is 2.04 bits per heavy atom. The van der Waals surface area contributed by atoms with Gasteiger partial charge in [0.1, 0.15) is 17.8 Å². The van der Waals surface area contributed by atoms with E-state index in [0.717, 1.165) is 29.2 Å². The van der Waals surface area contributed by atoms with E-state index in [2.05, 4.69) is 57.7 Å². The summed E-state index contributed by atoms with van der Waals surface area (Å²) in [6.45, 7) is 2.18. The topological polar surface area (TPSA) is 53.6 Å². The summed E-state index contributed by atoms with van der Waals surface area (Å²) in [7, 11) is 0. The number of nitrogens with one attached hydrogen (secondary N) is 2. The van der Waals surface area contributed by atoms with Crippen molar-refractivity contribution in [3.63, 3.8) is 0 Å². The number of hydrogen-bond acceptors (Lipinski definition) is 3. The summed E-state index contributed by atoms with van der Waals surface area (Å²) in [5.41, 5.74) is 5.22. The highest BCUT2D eigenvalue weighted by atomic mass is 15.1. The number of H-pyrrole nitrogens is 1. The molecule has 1 saturated carbocycles. The molecule has 1 aromatic carbocycles. The van der Waals surface area contributed by atoms with Crippen molar-refractivity contribution in [2.75, 3.05) is 5.32 Å². The molecular formula is C20H22N4. The molecule has 0 spiro atoms. The number of anilines is 1. The number of aryl methyl sites for hydroxylation is 1. The van der Waals surface area contributed by atoms with Gasteiger partial charge in [0.15, 0.2) is 0 Å². The fourth-order valence-corrected chi connectivity index (χ4v) is 4.78. The average Bonchev–Trinajstić information content (AvgIpc) is 3.24. The maximum Gasteiger partial charge on any atom is 0.143 e. The first-order valence-electron chi connectivity index (χ1n) is 9.01. The third kappa shape index (κ3) is 1.98. The molecule has 2 aromatic heterocycles. The van der Waals surface area contributed by atoms with Crippen LogP contribution in [0.2, 0.25) is 0 Å². The molecule has 0 radical (unpaired) electrons. The Balaban J connectivity index is 1.60. The lowest BCUT2D eigenvalue weighted by molar-refractivity contribution is 0.440. The first-order chi connectivity index (χ1) is 11.8. The fraction of sp³-hybridized carbons (Fsp3) is 0.400. The monoisotopic (exact) mass is 318 g/mol. The molecule has 0 aliphatic heterocycles. The smallest absolute Gasteiger partial charge is 0.143 e. The molecule has 0 saturated heterocycles. The van der Waals surface area contributed by atoms with Crippen molar-refractivity contribution < 1.29 is 0 Å². The van der Waals surface area contributed by atoms with Crippen LogP contribution in [-0.2, 0) is 6.42 Å². The third-order valence-corrected chi connectivity index (χ3v) is 5.94. The van der Waals surface area contributed by atoms with Crippen molar-refractivity contribution in [3.05, 3.63) is 53.5 Å². The third-order valence-electron chi connectivity index (χ3n) is 5.94. The largest absolute Gasteiger partial charge is 0.362 e. The predicted octanol–water partition coefficient (Wildman–Crippen LogP) is 4.57. The highest BCUT2D eigenvalue weighted by Gasteiger charge is 2.39. The second kappa shape index (κ2) is 5.33. The molecule has 2 aliphatic rings. The van der Waals surface area contributed by atoms with Crippen molar-refractivity contribution in [2.24, 2.45) is 5.92 Å². The fourth-order valence-electron chi connectivity index (χ4n) is 4.78. The van der Waals surface area contributed by atoms with Crippen LogP contribution in [-0.4, -0.2) is 15.0 Å². The summed E-state index contributed by atoms with van der Waals surface area (Å²) in [5, 5.41) is 4.95. The Morgan fingerprint density at radius 1 is 1.17 bits per heavy atom. The van der Waals surface area contributed by atoms with Crippen molar-refractivity contribution in [2.45, 2.75) is 44.6 Å². The van der Waals surface area contributed by atoms with Gasteiger partial charge in [0.25, 0.3) is 0 Å². The van der Waals surface area contributed by atoms with E-state index in [1.165, 1.54) is 30.4 Å². The van der Waals surface area contributed by atoms with E-state index in [1.54, 1.807) is 11.9 Å². The van der Waals surface area contributed by atoms with Crippen LogP contribution in [0, 0.1) is 5.92 Å². The van der Waals surface area contributed by atoms with Gasteiger partial charge in [-0.15, -0.1) is 0 Å². The molecule has 1 fully saturated rings. The number of fused-ring (bicyclic) bond motifs is 5. The molecule has 2 aliphatic carbocycles. The Hall–Kier alpha value is -2.36. The van der Waals surface area contributed by atoms with Crippen LogP contribution in [0.15, 0.2) is 36.8 Å². The second-order valence-corrected chi connectivity index (χ2v) is 7.13. The number of aromatic nitrogens is 3. The zero-order chi connectivity index (χ0) is 16.1. The van der Waals surface area contributed by atoms with Gasteiger partial charge >= 0.3 is 0 Å². The Labute approximate surface area is 141 Å². The molecule has 0 amide bonds. The molecule has 2 N–H and O–H groups in total. The summed E-state index contributed by atoms with van der Waals surface area (Å²) in [4.78, 5) is 12.3. The van der Waals surface area contributed by atoms with Crippen molar-refractivity contribution in [1.82, 2.24) is 15.0 Å². The molecule has 4 heteroatoms. The highest BCUT2D eigenvalue weighted by Crippen LogP contribution is 2.52.